The van der Waals surface area contributed by atoms with E-state index in [2.05, 4.69) is 36.9 Å². The van der Waals surface area contributed by atoms with Crippen LogP contribution in [0.4, 0.5) is 0 Å². The van der Waals surface area contributed by atoms with Crippen LogP contribution in [0.25, 0.3) is 0 Å². The molecule has 0 fully saturated rings. The monoisotopic (exact) mass is 632 g/mol. The summed E-state index contributed by atoms with van der Waals surface area (Å²) >= 11 is 0. The molecule has 0 saturated carbocycles. The highest BCUT2D eigenvalue weighted by Crippen LogP contribution is 2.10. The number of aliphatic carboxylic acids is 1. The second-order valence-electron chi connectivity index (χ2n) is 9.52. The number of carboxylic acids is 1. The van der Waals surface area contributed by atoms with Crippen LogP contribution >= 0.6 is 0 Å². The van der Waals surface area contributed by atoms with Gasteiger partial charge in [-0.25, -0.2) is 4.79 Å². The predicted octanol–water partition coefficient (Wildman–Crippen LogP) is -6.71. The quantitative estimate of drug-likeness (QED) is 0.0318. The maximum absolute atomic E-state index is 13.3. The number of nitrogens with one attached hydrogen (secondary N) is 6. The molecule has 250 valence electrons. The number of hydrogen-bond acceptors (Lipinski definition) is 11. The van der Waals surface area contributed by atoms with Crippen molar-refractivity contribution in [2.45, 2.75) is 57.3 Å². The number of nitrogens with zero attached hydrogens (tertiary/aromatic N) is 1. The molecule has 6 amide bonds. The molecule has 0 saturated heterocycles. The van der Waals surface area contributed by atoms with Gasteiger partial charge in [-0.2, -0.15) is 0 Å². The maximum Gasteiger partial charge on any atom is 0.328 e. The molecule has 0 radical (unpaired) electrons. The summed E-state index contributed by atoms with van der Waals surface area (Å²) in [7, 11) is 0. The number of aliphatic hydroxyl groups is 2. The van der Waals surface area contributed by atoms with Gasteiger partial charge in [0.2, 0.25) is 35.4 Å². The fraction of sp³-hybridized carbons (Fsp3) is 0.667. The second-order valence-corrected chi connectivity index (χ2v) is 9.52. The minimum absolute atomic E-state index is 0.0612. The first-order valence-electron chi connectivity index (χ1n) is 13.6. The Hall–Kier alpha value is -4.56. The van der Waals surface area contributed by atoms with Crippen LogP contribution in [0.1, 0.15) is 33.1 Å². The lowest BCUT2D eigenvalue weighted by Crippen LogP contribution is -2.60. The SMILES string of the molecule is CC[C@H](C)[C@H](NC(=O)[C@H](CCCN=C(N)N)NC(=O)[C@H](CO)NC(=O)CNC(=O)CNC(=O)CN)C(=O)N[C@@H](CO)C(=O)O. The van der Waals surface area contributed by atoms with Crippen LogP contribution in [-0.4, -0.2) is 126 Å². The average molecular weight is 633 g/mol. The normalized spacial score (nSPS) is 13.9. The van der Waals surface area contributed by atoms with E-state index in [9.17, 15) is 43.8 Å². The molecule has 44 heavy (non-hydrogen) atoms. The smallest absolute Gasteiger partial charge is 0.328 e. The van der Waals surface area contributed by atoms with Gasteiger partial charge >= 0.3 is 5.97 Å². The topological polar surface area (TPSA) is 343 Å². The van der Waals surface area contributed by atoms with Gasteiger partial charge in [0.05, 0.1) is 32.8 Å². The van der Waals surface area contributed by atoms with Crippen molar-refractivity contribution in [2.75, 3.05) is 39.4 Å². The van der Waals surface area contributed by atoms with E-state index in [1.807, 2.05) is 0 Å². The number of amides is 6. The minimum Gasteiger partial charge on any atom is -0.480 e. The second kappa shape index (κ2) is 21.2. The van der Waals surface area contributed by atoms with Crippen LogP contribution in [0.2, 0.25) is 0 Å². The van der Waals surface area contributed by atoms with Gasteiger partial charge in [-0.3, -0.25) is 33.8 Å². The van der Waals surface area contributed by atoms with Crippen LogP contribution < -0.4 is 49.1 Å². The summed E-state index contributed by atoms with van der Waals surface area (Å²) in [6.07, 6.45) is 0.491. The first kappa shape index (κ1) is 39.4. The molecule has 0 bridgehead atoms. The molecule has 0 heterocycles. The average Bonchev–Trinajstić information content (AvgIpc) is 2.99. The standard InChI is InChI=1S/C24H44N10O10/c1-3-12(2)19(22(42)33-15(11-36)23(43)44)34-20(40)13(5-4-6-28-24(26)27)32-21(41)14(10-35)31-18(39)9-30-17(38)8-29-16(37)7-25/h12-15,19,35-36H,3-11,25H2,1-2H3,(H,29,37)(H,30,38)(H,31,39)(H,32,41)(H,33,42)(H,34,40)(H,43,44)(H4,26,27,28)/t12-,13-,14-,15-,19-/m0/s1. The molecule has 0 spiro atoms. The van der Waals surface area contributed by atoms with Gasteiger partial charge < -0.3 is 64.4 Å². The minimum atomic E-state index is -1.62. The van der Waals surface area contributed by atoms with Crippen molar-refractivity contribution in [3.63, 3.8) is 0 Å². The maximum atomic E-state index is 13.3. The van der Waals surface area contributed by atoms with Crippen LogP contribution in [0.5, 0.6) is 0 Å². The Bertz CT molecular complexity index is 1040. The zero-order valence-electron chi connectivity index (χ0n) is 24.6. The number of guanidine groups is 1. The summed E-state index contributed by atoms with van der Waals surface area (Å²) in [4.78, 5) is 89.2. The molecule has 0 rings (SSSR count). The van der Waals surface area contributed by atoms with Gasteiger partial charge in [0.25, 0.3) is 0 Å². The summed E-state index contributed by atoms with van der Waals surface area (Å²) in [5, 5.41) is 41.7. The Morgan fingerprint density at radius 3 is 1.82 bits per heavy atom. The molecule has 0 aromatic heterocycles. The first-order valence-corrected chi connectivity index (χ1v) is 13.6. The zero-order valence-corrected chi connectivity index (χ0v) is 24.6. The Kier molecular flexibility index (Phi) is 19.0. The van der Waals surface area contributed by atoms with Crippen molar-refractivity contribution in [2.24, 2.45) is 28.1 Å². The fourth-order valence-corrected chi connectivity index (χ4v) is 3.38. The molecule has 0 aliphatic carbocycles. The van der Waals surface area contributed by atoms with Crippen LogP contribution in [0.3, 0.4) is 0 Å². The molecular weight excluding hydrogens is 588 g/mol. The van der Waals surface area contributed by atoms with Crippen molar-refractivity contribution in [3.05, 3.63) is 0 Å². The van der Waals surface area contributed by atoms with E-state index in [4.69, 9.17) is 22.3 Å². The first-order chi connectivity index (χ1) is 20.7. The third kappa shape index (κ3) is 15.6. The molecular formula is C24H44N10O10. The number of carbonyl (C=O) groups excluding carboxylic acids is 6. The van der Waals surface area contributed by atoms with E-state index < -0.39 is 97.8 Å². The Morgan fingerprint density at radius 2 is 1.30 bits per heavy atom. The Labute approximate surface area is 253 Å². The van der Waals surface area contributed by atoms with Crippen molar-refractivity contribution in [1.82, 2.24) is 31.9 Å². The third-order valence-corrected chi connectivity index (χ3v) is 6.08. The number of carboxylic acid groups (broad SMARTS) is 1. The molecule has 0 aliphatic rings. The van der Waals surface area contributed by atoms with Gasteiger partial charge in [-0.05, 0) is 18.8 Å². The number of hydrogen-bond donors (Lipinski definition) is 12. The molecule has 0 unspecified atom stereocenters. The number of aliphatic imine (C=N–C) groups is 1. The van der Waals surface area contributed by atoms with E-state index in [1.165, 1.54) is 0 Å². The van der Waals surface area contributed by atoms with Crippen molar-refractivity contribution < 1.29 is 48.9 Å². The van der Waals surface area contributed by atoms with Crippen molar-refractivity contribution in [3.8, 4) is 0 Å². The number of carbonyl (C=O) groups is 7. The van der Waals surface area contributed by atoms with Gasteiger partial charge in [-0.15, -0.1) is 0 Å². The van der Waals surface area contributed by atoms with Gasteiger partial charge in [0.15, 0.2) is 5.96 Å². The highest BCUT2D eigenvalue weighted by Gasteiger charge is 2.33. The highest BCUT2D eigenvalue weighted by atomic mass is 16.4. The summed E-state index contributed by atoms with van der Waals surface area (Å²) in [6.45, 7) is 0.225. The number of nitrogens with two attached hydrogens (primary N) is 3. The fourth-order valence-electron chi connectivity index (χ4n) is 3.38. The van der Waals surface area contributed by atoms with E-state index in [-0.39, 0.29) is 31.9 Å². The summed E-state index contributed by atoms with van der Waals surface area (Å²) in [5.41, 5.74) is 15.7. The molecule has 20 nitrogen and oxygen atoms in total. The van der Waals surface area contributed by atoms with Crippen LogP contribution in [0, 0.1) is 5.92 Å². The van der Waals surface area contributed by atoms with E-state index in [0.29, 0.717) is 6.42 Å². The predicted molar refractivity (Wildman–Crippen MR) is 154 cm³/mol. The summed E-state index contributed by atoms with van der Waals surface area (Å²) in [5.74, 6) is -7.13. The third-order valence-electron chi connectivity index (χ3n) is 6.08. The van der Waals surface area contributed by atoms with E-state index in [1.54, 1.807) is 13.8 Å². The number of aliphatic hydroxyl groups excluding tert-OH is 2. The Morgan fingerprint density at radius 1 is 0.750 bits per heavy atom. The van der Waals surface area contributed by atoms with Gasteiger partial charge in [-0.1, -0.05) is 20.3 Å². The highest BCUT2D eigenvalue weighted by molar-refractivity contribution is 5.95. The lowest BCUT2D eigenvalue weighted by atomic mass is 9.97. The van der Waals surface area contributed by atoms with Gasteiger partial charge in [0, 0.05) is 6.54 Å². The summed E-state index contributed by atoms with van der Waals surface area (Å²) in [6, 6.07) is -5.77. The van der Waals surface area contributed by atoms with Crippen molar-refractivity contribution in [1.29, 1.82) is 0 Å². The molecule has 0 aromatic carbocycles. The van der Waals surface area contributed by atoms with E-state index >= 15 is 0 Å². The zero-order chi connectivity index (χ0) is 33.8. The lowest BCUT2D eigenvalue weighted by Gasteiger charge is -2.28. The van der Waals surface area contributed by atoms with Crippen LogP contribution in [-0.2, 0) is 33.6 Å². The lowest BCUT2D eigenvalue weighted by molar-refractivity contribution is -0.143. The number of rotatable bonds is 21. The largest absolute Gasteiger partial charge is 0.480 e. The van der Waals surface area contributed by atoms with E-state index in [0.717, 1.165) is 0 Å². The molecule has 15 N–H and O–H groups in total. The Balaban J connectivity index is 5.62. The molecule has 5 atom stereocenters. The van der Waals surface area contributed by atoms with Crippen LogP contribution in [0.15, 0.2) is 4.99 Å². The van der Waals surface area contributed by atoms with Crippen molar-refractivity contribution >= 4 is 47.4 Å². The molecule has 20 heteroatoms. The molecule has 0 aromatic rings. The summed E-state index contributed by atoms with van der Waals surface area (Å²) < 4.78 is 0. The van der Waals surface area contributed by atoms with Gasteiger partial charge in [0.1, 0.15) is 24.2 Å². The molecule has 0 aliphatic heterocycles.